The van der Waals surface area contributed by atoms with Gasteiger partial charge in [0.15, 0.2) is 5.82 Å². The maximum Gasteiger partial charge on any atom is 0.439 e. The van der Waals surface area contributed by atoms with Gasteiger partial charge in [-0.25, -0.2) is 4.79 Å². The largest absolute Gasteiger partial charge is 0.497 e. The fourth-order valence-corrected chi connectivity index (χ4v) is 2.88. The lowest BCUT2D eigenvalue weighted by atomic mass is 10.1. The SMILES string of the molecule is COc1ccc2cc(C(=O)Nc3ccc(Cl)cc3-c3noc(=O)[nH]3)[nH]c2c1. The molecule has 0 aliphatic heterocycles. The van der Waals surface area contributed by atoms with Crippen LogP contribution in [0.4, 0.5) is 5.69 Å². The van der Waals surface area contributed by atoms with Crippen LogP contribution in [0, 0.1) is 0 Å². The third kappa shape index (κ3) is 3.30. The van der Waals surface area contributed by atoms with Crippen molar-refractivity contribution in [2.75, 3.05) is 12.4 Å². The number of benzene rings is 2. The minimum absolute atomic E-state index is 0.166. The second kappa shape index (κ2) is 6.65. The van der Waals surface area contributed by atoms with Crippen molar-refractivity contribution in [3.8, 4) is 17.1 Å². The second-order valence-corrected chi connectivity index (χ2v) is 6.16. The number of anilines is 1. The summed E-state index contributed by atoms with van der Waals surface area (Å²) in [7, 11) is 1.58. The Morgan fingerprint density at radius 1 is 1.19 bits per heavy atom. The van der Waals surface area contributed by atoms with Crippen LogP contribution in [-0.2, 0) is 0 Å². The molecule has 0 fully saturated rings. The topological polar surface area (TPSA) is 113 Å². The van der Waals surface area contributed by atoms with Crippen molar-refractivity contribution < 1.29 is 14.1 Å². The van der Waals surface area contributed by atoms with Crippen molar-refractivity contribution in [1.29, 1.82) is 0 Å². The lowest BCUT2D eigenvalue weighted by molar-refractivity contribution is 0.102. The molecule has 136 valence electrons. The Morgan fingerprint density at radius 3 is 2.78 bits per heavy atom. The van der Waals surface area contributed by atoms with E-state index in [1.54, 1.807) is 37.4 Å². The Morgan fingerprint density at radius 2 is 2.04 bits per heavy atom. The van der Waals surface area contributed by atoms with Gasteiger partial charge in [0.1, 0.15) is 11.4 Å². The van der Waals surface area contributed by atoms with E-state index in [0.717, 1.165) is 10.9 Å². The summed E-state index contributed by atoms with van der Waals surface area (Å²) < 4.78 is 9.72. The molecular weight excluding hydrogens is 372 g/mol. The normalized spacial score (nSPS) is 10.9. The average molecular weight is 385 g/mol. The van der Waals surface area contributed by atoms with E-state index in [9.17, 15) is 9.59 Å². The quantitative estimate of drug-likeness (QED) is 0.499. The average Bonchev–Trinajstić information content (AvgIpc) is 3.28. The van der Waals surface area contributed by atoms with Crippen LogP contribution >= 0.6 is 11.6 Å². The molecule has 8 nitrogen and oxygen atoms in total. The Balaban J connectivity index is 1.68. The summed E-state index contributed by atoms with van der Waals surface area (Å²) in [5, 5.41) is 7.73. The molecule has 0 unspecified atom stereocenters. The van der Waals surface area contributed by atoms with Crippen molar-refractivity contribution in [2.24, 2.45) is 0 Å². The lowest BCUT2D eigenvalue weighted by Crippen LogP contribution is -2.13. The van der Waals surface area contributed by atoms with Gasteiger partial charge in [0, 0.05) is 27.6 Å². The van der Waals surface area contributed by atoms with Gasteiger partial charge >= 0.3 is 5.76 Å². The predicted octanol–water partition coefficient (Wildman–Crippen LogP) is 3.43. The number of nitrogens with one attached hydrogen (secondary N) is 3. The monoisotopic (exact) mass is 384 g/mol. The molecule has 0 aliphatic rings. The van der Waals surface area contributed by atoms with Crippen LogP contribution in [0.25, 0.3) is 22.3 Å². The van der Waals surface area contributed by atoms with E-state index in [4.69, 9.17) is 16.3 Å². The molecule has 2 aromatic heterocycles. The summed E-state index contributed by atoms with van der Waals surface area (Å²) in [6.45, 7) is 0. The van der Waals surface area contributed by atoms with Gasteiger partial charge in [-0.05, 0) is 36.4 Å². The van der Waals surface area contributed by atoms with Crippen LogP contribution in [0.1, 0.15) is 10.5 Å². The summed E-state index contributed by atoms with van der Waals surface area (Å²) in [6, 6.07) is 12.0. The first-order chi connectivity index (χ1) is 13.0. The van der Waals surface area contributed by atoms with E-state index in [1.807, 2.05) is 12.1 Å². The van der Waals surface area contributed by atoms with Gasteiger partial charge in [0.25, 0.3) is 5.91 Å². The molecule has 0 bridgehead atoms. The van der Waals surface area contributed by atoms with Gasteiger partial charge in [0.2, 0.25) is 0 Å². The molecule has 0 radical (unpaired) electrons. The number of hydrogen-bond acceptors (Lipinski definition) is 5. The molecule has 3 N–H and O–H groups in total. The number of ether oxygens (including phenoxy) is 1. The van der Waals surface area contributed by atoms with Crippen LogP contribution < -0.4 is 15.8 Å². The zero-order valence-electron chi connectivity index (χ0n) is 14.0. The number of fused-ring (bicyclic) bond motifs is 1. The number of aromatic nitrogens is 3. The molecule has 2 aromatic carbocycles. The highest BCUT2D eigenvalue weighted by Crippen LogP contribution is 2.29. The molecule has 27 heavy (non-hydrogen) atoms. The number of carbonyl (C=O) groups excluding carboxylic acids is 1. The number of carbonyl (C=O) groups is 1. The number of H-pyrrole nitrogens is 2. The van der Waals surface area contributed by atoms with E-state index in [0.29, 0.717) is 27.7 Å². The lowest BCUT2D eigenvalue weighted by Gasteiger charge is -2.08. The van der Waals surface area contributed by atoms with E-state index >= 15 is 0 Å². The molecular formula is C18H13ClN4O4. The Labute approximate surface area is 157 Å². The smallest absolute Gasteiger partial charge is 0.439 e. The number of aromatic amines is 2. The van der Waals surface area contributed by atoms with Crippen LogP contribution in [0.5, 0.6) is 5.75 Å². The summed E-state index contributed by atoms with van der Waals surface area (Å²) in [6.07, 6.45) is 0. The van der Waals surface area contributed by atoms with E-state index < -0.39 is 5.76 Å². The minimum Gasteiger partial charge on any atom is -0.497 e. The van der Waals surface area contributed by atoms with Gasteiger partial charge in [-0.15, -0.1) is 0 Å². The zero-order chi connectivity index (χ0) is 19.0. The summed E-state index contributed by atoms with van der Waals surface area (Å²) >= 11 is 6.03. The molecule has 0 spiro atoms. The third-order valence-corrected chi connectivity index (χ3v) is 4.23. The fourth-order valence-electron chi connectivity index (χ4n) is 2.71. The summed E-state index contributed by atoms with van der Waals surface area (Å²) in [5.74, 6) is -0.211. The Bertz CT molecular complexity index is 1210. The van der Waals surface area contributed by atoms with E-state index in [-0.39, 0.29) is 11.7 Å². The van der Waals surface area contributed by atoms with E-state index in [2.05, 4.69) is 25.0 Å². The number of rotatable bonds is 4. The standard InChI is InChI=1S/C18H13ClN4O4/c1-26-11-4-2-9-6-15(20-14(9)8-11)17(24)21-13-5-3-10(19)7-12(13)16-22-18(25)27-23-16/h2-8,20H,1H3,(H,21,24)(H,22,23,25). The first-order valence-electron chi connectivity index (χ1n) is 7.87. The highest BCUT2D eigenvalue weighted by atomic mass is 35.5. The highest BCUT2D eigenvalue weighted by Gasteiger charge is 2.16. The predicted molar refractivity (Wildman–Crippen MR) is 100 cm³/mol. The first kappa shape index (κ1) is 16.9. The van der Waals surface area contributed by atoms with Gasteiger partial charge in [-0.2, -0.15) is 0 Å². The number of amides is 1. The van der Waals surface area contributed by atoms with Crippen molar-refractivity contribution >= 4 is 34.1 Å². The van der Waals surface area contributed by atoms with Crippen LogP contribution in [-0.4, -0.2) is 28.1 Å². The maximum absolute atomic E-state index is 12.7. The minimum atomic E-state index is -0.702. The fraction of sp³-hybridized carbons (Fsp3) is 0.0556. The summed E-state index contributed by atoms with van der Waals surface area (Å²) in [5.41, 5.74) is 1.99. The second-order valence-electron chi connectivity index (χ2n) is 5.72. The Hall–Kier alpha value is -3.52. The van der Waals surface area contributed by atoms with Crippen molar-refractivity contribution in [1.82, 2.24) is 15.1 Å². The zero-order valence-corrected chi connectivity index (χ0v) is 14.8. The van der Waals surface area contributed by atoms with Gasteiger partial charge in [0.05, 0.1) is 12.8 Å². The molecule has 4 rings (SSSR count). The number of nitrogens with zero attached hydrogens (tertiary/aromatic N) is 1. The van der Waals surface area contributed by atoms with Crippen molar-refractivity contribution in [3.63, 3.8) is 0 Å². The van der Waals surface area contributed by atoms with Gasteiger partial charge in [-0.3, -0.25) is 14.3 Å². The molecule has 2 heterocycles. The van der Waals surface area contributed by atoms with Gasteiger partial charge < -0.3 is 15.0 Å². The Kier molecular flexibility index (Phi) is 4.17. The van der Waals surface area contributed by atoms with Gasteiger partial charge in [-0.1, -0.05) is 16.8 Å². The number of methoxy groups -OCH3 is 1. The molecule has 0 saturated carbocycles. The molecule has 1 amide bonds. The number of halogens is 1. The van der Waals surface area contributed by atoms with Crippen molar-refractivity contribution in [3.05, 3.63) is 63.7 Å². The molecule has 0 atom stereocenters. The maximum atomic E-state index is 12.7. The summed E-state index contributed by atoms with van der Waals surface area (Å²) in [4.78, 5) is 29.4. The first-order valence-corrected chi connectivity index (χ1v) is 8.25. The van der Waals surface area contributed by atoms with Crippen LogP contribution in [0.15, 0.2) is 51.8 Å². The molecule has 0 saturated heterocycles. The van der Waals surface area contributed by atoms with E-state index in [1.165, 1.54) is 0 Å². The molecule has 9 heteroatoms. The van der Waals surface area contributed by atoms with Crippen molar-refractivity contribution in [2.45, 2.75) is 0 Å². The molecule has 4 aromatic rings. The highest BCUT2D eigenvalue weighted by molar-refractivity contribution is 6.31. The third-order valence-electron chi connectivity index (χ3n) is 4.00. The van der Waals surface area contributed by atoms with Crippen LogP contribution in [0.3, 0.4) is 0 Å². The van der Waals surface area contributed by atoms with Crippen LogP contribution in [0.2, 0.25) is 5.02 Å². The number of hydrogen-bond donors (Lipinski definition) is 3. The molecule has 0 aliphatic carbocycles.